The molecule has 3 rings (SSSR count). The second kappa shape index (κ2) is 6.80. The number of aromatic nitrogens is 5. The molecule has 138 valence electrons. The van der Waals surface area contributed by atoms with Crippen LogP contribution in [0.2, 0.25) is 5.15 Å². The minimum atomic E-state index is -4.20. The fourth-order valence-corrected chi connectivity index (χ4v) is 3.25. The third-order valence-electron chi connectivity index (χ3n) is 3.21. The van der Waals surface area contributed by atoms with Crippen molar-refractivity contribution >= 4 is 33.0 Å². The zero-order valence-electron chi connectivity index (χ0n) is 13.8. The predicted octanol–water partition coefficient (Wildman–Crippen LogP) is 0.999. The van der Waals surface area contributed by atoms with Gasteiger partial charge in [0.25, 0.3) is 15.2 Å². The molecule has 0 aliphatic heterocycles. The van der Waals surface area contributed by atoms with Crippen LogP contribution >= 0.6 is 11.6 Å². The summed E-state index contributed by atoms with van der Waals surface area (Å²) in [5.41, 5.74) is 0.136. The van der Waals surface area contributed by atoms with Gasteiger partial charge in [0.05, 0.1) is 21.3 Å². The van der Waals surface area contributed by atoms with Crippen LogP contribution in [0.25, 0.3) is 5.65 Å². The Morgan fingerprint density at radius 3 is 2.58 bits per heavy atom. The maximum atomic E-state index is 12.7. The van der Waals surface area contributed by atoms with Gasteiger partial charge >= 0.3 is 6.01 Å². The second-order valence-electron chi connectivity index (χ2n) is 4.73. The van der Waals surface area contributed by atoms with Gasteiger partial charge in [-0.1, -0.05) is 11.6 Å². The minimum Gasteiger partial charge on any atom is -0.494 e. The maximum absolute atomic E-state index is 12.7. The Kier molecular flexibility index (Phi) is 4.70. The number of hydrogen-bond donors (Lipinski definition) is 1. The van der Waals surface area contributed by atoms with E-state index in [1.807, 2.05) is 0 Å². The first-order chi connectivity index (χ1) is 12.4. The first kappa shape index (κ1) is 17.9. The van der Waals surface area contributed by atoms with Crippen LogP contribution < -0.4 is 18.9 Å². The summed E-state index contributed by atoms with van der Waals surface area (Å²) in [5, 5.41) is 3.31. The molecule has 0 unspecified atom stereocenters. The number of hydrogen-bond acceptors (Lipinski definition) is 9. The molecule has 0 radical (unpaired) electrons. The van der Waals surface area contributed by atoms with Crippen LogP contribution in [0.5, 0.6) is 17.6 Å². The Balaban J connectivity index is 2.08. The molecule has 3 heterocycles. The highest BCUT2D eigenvalue weighted by Crippen LogP contribution is 2.32. The predicted molar refractivity (Wildman–Crippen MR) is 90.5 cm³/mol. The van der Waals surface area contributed by atoms with Gasteiger partial charge in [-0.2, -0.15) is 22.9 Å². The van der Waals surface area contributed by atoms with Crippen LogP contribution in [-0.4, -0.2) is 54.3 Å². The van der Waals surface area contributed by atoms with Crippen LogP contribution in [0.4, 0.5) is 5.69 Å². The lowest BCUT2D eigenvalue weighted by atomic mass is 10.4. The number of ether oxygens (including phenoxy) is 3. The van der Waals surface area contributed by atoms with Gasteiger partial charge in [0.2, 0.25) is 5.88 Å². The van der Waals surface area contributed by atoms with E-state index in [4.69, 9.17) is 25.8 Å². The van der Waals surface area contributed by atoms with Crippen LogP contribution in [-0.2, 0) is 10.0 Å². The molecule has 1 N–H and O–H groups in total. The molecule has 0 amide bonds. The van der Waals surface area contributed by atoms with Crippen molar-refractivity contribution in [1.29, 1.82) is 0 Å². The molecular formula is C13H13ClN6O5S. The van der Waals surface area contributed by atoms with Gasteiger partial charge in [0.1, 0.15) is 11.4 Å². The number of pyridine rings is 1. The van der Waals surface area contributed by atoms with Crippen LogP contribution in [0.3, 0.4) is 0 Å². The highest BCUT2D eigenvalue weighted by Gasteiger charge is 2.25. The smallest absolute Gasteiger partial charge is 0.322 e. The van der Waals surface area contributed by atoms with Gasteiger partial charge in [-0.05, 0) is 0 Å². The van der Waals surface area contributed by atoms with Crippen LogP contribution in [0.15, 0.2) is 23.5 Å². The van der Waals surface area contributed by atoms with Gasteiger partial charge in [0, 0.05) is 18.3 Å². The molecule has 0 atom stereocenters. The molecule has 3 aromatic rings. The van der Waals surface area contributed by atoms with Gasteiger partial charge in [-0.15, -0.1) is 5.10 Å². The first-order valence-electron chi connectivity index (χ1n) is 6.96. The number of sulfonamides is 1. The van der Waals surface area contributed by atoms with E-state index in [0.29, 0.717) is 0 Å². The minimum absolute atomic E-state index is 0.00490. The average molecular weight is 401 g/mol. The van der Waals surface area contributed by atoms with Crippen molar-refractivity contribution < 1.29 is 22.6 Å². The van der Waals surface area contributed by atoms with Crippen molar-refractivity contribution in [2.45, 2.75) is 5.16 Å². The summed E-state index contributed by atoms with van der Waals surface area (Å²) in [6.45, 7) is 0. The highest BCUT2D eigenvalue weighted by molar-refractivity contribution is 7.92. The maximum Gasteiger partial charge on any atom is 0.322 e. The van der Waals surface area contributed by atoms with E-state index < -0.39 is 15.2 Å². The number of rotatable bonds is 6. The number of halogens is 1. The number of methoxy groups -OCH3 is 3. The number of anilines is 1. The third kappa shape index (κ3) is 3.15. The van der Waals surface area contributed by atoms with E-state index in [1.165, 1.54) is 39.7 Å². The molecule has 0 saturated heterocycles. The highest BCUT2D eigenvalue weighted by atomic mass is 35.5. The standard InChI is InChI=1S/C13H13ClN6O5S/c1-23-7-4-5-15-11(14)10(7)19-26(21,22)12-16-8-6-9(24-2)17-13(25-3)20(8)18-12/h4-6,19H,1-3H3. The molecule has 0 fully saturated rings. The van der Waals surface area contributed by atoms with Crippen molar-refractivity contribution in [3.05, 3.63) is 23.5 Å². The molecule has 11 nitrogen and oxygen atoms in total. The van der Waals surface area contributed by atoms with Crippen molar-refractivity contribution in [3.8, 4) is 17.6 Å². The Bertz CT molecular complexity index is 1070. The Labute approximate surface area is 153 Å². The normalized spacial score (nSPS) is 11.4. The SMILES string of the molecule is COc1cc2nc(S(=O)(=O)Nc3c(OC)ccnc3Cl)nn2c(OC)n1. The number of nitrogens with zero attached hydrogens (tertiary/aromatic N) is 5. The van der Waals surface area contributed by atoms with E-state index in [0.717, 1.165) is 4.52 Å². The lowest BCUT2D eigenvalue weighted by molar-refractivity contribution is 0.343. The fourth-order valence-electron chi connectivity index (χ4n) is 2.04. The Hall–Kier alpha value is -2.86. The van der Waals surface area contributed by atoms with E-state index in [9.17, 15) is 8.42 Å². The summed E-state index contributed by atoms with van der Waals surface area (Å²) in [4.78, 5) is 11.8. The lowest BCUT2D eigenvalue weighted by Gasteiger charge is -2.10. The topological polar surface area (TPSA) is 130 Å². The van der Waals surface area contributed by atoms with Crippen molar-refractivity contribution in [2.75, 3.05) is 26.1 Å². The Morgan fingerprint density at radius 1 is 1.15 bits per heavy atom. The molecule has 26 heavy (non-hydrogen) atoms. The summed E-state index contributed by atoms with van der Waals surface area (Å²) in [6.07, 6.45) is 1.38. The molecular weight excluding hydrogens is 388 g/mol. The van der Waals surface area contributed by atoms with Crippen LogP contribution in [0, 0.1) is 0 Å². The van der Waals surface area contributed by atoms with Gasteiger partial charge < -0.3 is 14.2 Å². The summed E-state index contributed by atoms with van der Waals surface area (Å²) in [5.74, 6) is 0.383. The second-order valence-corrected chi connectivity index (χ2v) is 6.67. The summed E-state index contributed by atoms with van der Waals surface area (Å²) in [7, 11) is -0.0620. The third-order valence-corrected chi connectivity index (χ3v) is 4.62. The van der Waals surface area contributed by atoms with Gasteiger partial charge in [-0.25, -0.2) is 4.98 Å². The average Bonchev–Trinajstić information content (AvgIpc) is 3.07. The fraction of sp³-hybridized carbons (Fsp3) is 0.231. The molecule has 3 aromatic heterocycles. The zero-order valence-corrected chi connectivity index (χ0v) is 15.4. The van der Waals surface area contributed by atoms with E-state index in [1.54, 1.807) is 0 Å². The molecule has 0 saturated carbocycles. The molecule has 0 aliphatic rings. The quantitative estimate of drug-likeness (QED) is 0.602. The largest absolute Gasteiger partial charge is 0.494 e. The molecule has 0 spiro atoms. The van der Waals surface area contributed by atoms with Gasteiger partial charge in [0.15, 0.2) is 10.8 Å². The van der Waals surface area contributed by atoms with E-state index in [-0.39, 0.29) is 34.1 Å². The Morgan fingerprint density at radius 2 is 1.92 bits per heavy atom. The number of fused-ring (bicyclic) bond motifs is 1. The number of nitrogens with one attached hydrogen (secondary N) is 1. The first-order valence-corrected chi connectivity index (χ1v) is 8.83. The van der Waals surface area contributed by atoms with E-state index >= 15 is 0 Å². The molecule has 0 aromatic carbocycles. The molecule has 0 aliphatic carbocycles. The summed E-state index contributed by atoms with van der Waals surface area (Å²) >= 11 is 5.96. The lowest BCUT2D eigenvalue weighted by Crippen LogP contribution is -2.16. The van der Waals surface area contributed by atoms with Crippen molar-refractivity contribution in [1.82, 2.24) is 24.6 Å². The van der Waals surface area contributed by atoms with Crippen molar-refractivity contribution in [2.24, 2.45) is 0 Å². The van der Waals surface area contributed by atoms with Gasteiger partial charge in [-0.3, -0.25) is 4.72 Å². The molecule has 0 bridgehead atoms. The van der Waals surface area contributed by atoms with Crippen LogP contribution in [0.1, 0.15) is 0 Å². The summed E-state index contributed by atoms with van der Waals surface area (Å²) in [6, 6.07) is 2.87. The molecule has 13 heteroatoms. The van der Waals surface area contributed by atoms with Crippen molar-refractivity contribution in [3.63, 3.8) is 0 Å². The van der Waals surface area contributed by atoms with E-state index in [2.05, 4.69) is 24.8 Å². The zero-order chi connectivity index (χ0) is 18.9. The monoisotopic (exact) mass is 400 g/mol. The summed E-state index contributed by atoms with van der Waals surface area (Å²) < 4.78 is 43.9.